The standard InChI is InChI=1S/C12H11BrO4/c13-10-5-2-8(3-6-10)1-4-9(12(16)17)7-11(14)15/h2-6H,1,7H2,(H,14,15)(H,16,17). The van der Waals surface area contributed by atoms with Crippen molar-refractivity contribution in [2.45, 2.75) is 12.8 Å². The van der Waals surface area contributed by atoms with E-state index in [9.17, 15) is 9.59 Å². The summed E-state index contributed by atoms with van der Waals surface area (Å²) in [5.41, 5.74) is 0.831. The van der Waals surface area contributed by atoms with E-state index >= 15 is 0 Å². The second-order valence-electron chi connectivity index (χ2n) is 3.44. The number of carbonyl (C=O) groups is 2. The second-order valence-corrected chi connectivity index (χ2v) is 4.35. The van der Waals surface area contributed by atoms with Crippen molar-refractivity contribution < 1.29 is 19.8 Å². The molecule has 0 amide bonds. The van der Waals surface area contributed by atoms with Gasteiger partial charge in [-0.2, -0.15) is 0 Å². The van der Waals surface area contributed by atoms with Crippen LogP contribution < -0.4 is 0 Å². The van der Waals surface area contributed by atoms with Gasteiger partial charge in [0, 0.05) is 10.0 Å². The van der Waals surface area contributed by atoms with Gasteiger partial charge in [0.25, 0.3) is 0 Å². The Morgan fingerprint density at radius 1 is 1.18 bits per heavy atom. The molecule has 1 aromatic rings. The normalized spacial score (nSPS) is 11.2. The van der Waals surface area contributed by atoms with E-state index in [0.29, 0.717) is 6.42 Å². The average Bonchev–Trinajstić information content (AvgIpc) is 2.25. The van der Waals surface area contributed by atoms with E-state index < -0.39 is 18.4 Å². The number of rotatable bonds is 5. The van der Waals surface area contributed by atoms with Crippen LogP contribution in [0.25, 0.3) is 0 Å². The van der Waals surface area contributed by atoms with Crippen molar-refractivity contribution in [1.29, 1.82) is 0 Å². The van der Waals surface area contributed by atoms with Crippen molar-refractivity contribution in [1.82, 2.24) is 0 Å². The molecule has 5 heteroatoms. The van der Waals surface area contributed by atoms with Crippen molar-refractivity contribution in [3.8, 4) is 0 Å². The fraction of sp³-hybridized carbons (Fsp3) is 0.167. The summed E-state index contributed by atoms with van der Waals surface area (Å²) in [5, 5.41) is 17.4. The first-order valence-corrected chi connectivity index (χ1v) is 5.67. The van der Waals surface area contributed by atoms with Crippen LogP contribution in [-0.4, -0.2) is 22.2 Å². The molecule has 0 unspecified atom stereocenters. The molecule has 0 aliphatic heterocycles. The number of hydrogen-bond donors (Lipinski definition) is 2. The van der Waals surface area contributed by atoms with Gasteiger partial charge in [0.1, 0.15) is 0 Å². The number of benzene rings is 1. The summed E-state index contributed by atoms with van der Waals surface area (Å²) in [4.78, 5) is 21.2. The zero-order valence-electron chi connectivity index (χ0n) is 8.89. The predicted octanol–water partition coefficient (Wildman–Crippen LogP) is 2.48. The lowest BCUT2D eigenvalue weighted by Gasteiger charge is -2.00. The number of halogens is 1. The lowest BCUT2D eigenvalue weighted by molar-refractivity contribution is -0.139. The van der Waals surface area contributed by atoms with Crippen LogP contribution in [0, 0.1) is 0 Å². The van der Waals surface area contributed by atoms with E-state index in [2.05, 4.69) is 15.9 Å². The lowest BCUT2D eigenvalue weighted by atomic mass is 10.1. The van der Waals surface area contributed by atoms with E-state index in [1.807, 2.05) is 24.3 Å². The highest BCUT2D eigenvalue weighted by Gasteiger charge is 2.11. The fourth-order valence-electron chi connectivity index (χ4n) is 1.26. The summed E-state index contributed by atoms with van der Waals surface area (Å²) in [7, 11) is 0. The Labute approximate surface area is 107 Å². The lowest BCUT2D eigenvalue weighted by Crippen LogP contribution is -2.07. The topological polar surface area (TPSA) is 74.6 Å². The first kappa shape index (κ1) is 13.4. The SMILES string of the molecule is O=C(O)CC(=CCc1ccc(Br)cc1)C(=O)O. The van der Waals surface area contributed by atoms with Crippen LogP contribution >= 0.6 is 15.9 Å². The molecule has 0 spiro atoms. The first-order valence-electron chi connectivity index (χ1n) is 4.87. The zero-order valence-corrected chi connectivity index (χ0v) is 10.5. The predicted molar refractivity (Wildman–Crippen MR) is 65.8 cm³/mol. The van der Waals surface area contributed by atoms with Crippen LogP contribution in [0.3, 0.4) is 0 Å². The van der Waals surface area contributed by atoms with E-state index in [1.165, 1.54) is 6.08 Å². The monoisotopic (exact) mass is 298 g/mol. The summed E-state index contributed by atoms with van der Waals surface area (Å²) >= 11 is 3.29. The van der Waals surface area contributed by atoms with Crippen LogP contribution in [0.2, 0.25) is 0 Å². The Balaban J connectivity index is 2.75. The van der Waals surface area contributed by atoms with E-state index in [0.717, 1.165) is 10.0 Å². The van der Waals surface area contributed by atoms with Crippen molar-refractivity contribution in [3.63, 3.8) is 0 Å². The van der Waals surface area contributed by atoms with Crippen molar-refractivity contribution in [2.75, 3.05) is 0 Å². The molecule has 0 saturated carbocycles. The van der Waals surface area contributed by atoms with Gasteiger partial charge < -0.3 is 10.2 Å². The zero-order chi connectivity index (χ0) is 12.8. The molecule has 0 aromatic heterocycles. The number of carboxylic acids is 2. The van der Waals surface area contributed by atoms with Crippen LogP contribution in [0.1, 0.15) is 12.0 Å². The minimum Gasteiger partial charge on any atom is -0.481 e. The van der Waals surface area contributed by atoms with Gasteiger partial charge in [0.15, 0.2) is 0 Å². The molecule has 0 radical (unpaired) electrons. The third-order valence-corrected chi connectivity index (χ3v) is 2.64. The quantitative estimate of drug-likeness (QED) is 0.819. The van der Waals surface area contributed by atoms with Crippen molar-refractivity contribution >= 4 is 27.9 Å². The summed E-state index contributed by atoms with van der Waals surface area (Å²) in [5.74, 6) is -2.33. The van der Waals surface area contributed by atoms with Gasteiger partial charge in [-0.15, -0.1) is 0 Å². The largest absolute Gasteiger partial charge is 0.481 e. The van der Waals surface area contributed by atoms with E-state index in [1.54, 1.807) is 0 Å². The third-order valence-electron chi connectivity index (χ3n) is 2.11. The maximum Gasteiger partial charge on any atom is 0.331 e. The molecule has 0 bridgehead atoms. The number of carboxylic acid groups (broad SMARTS) is 2. The van der Waals surface area contributed by atoms with Gasteiger partial charge >= 0.3 is 11.9 Å². The molecule has 0 heterocycles. The van der Waals surface area contributed by atoms with E-state index in [-0.39, 0.29) is 5.57 Å². The number of allylic oxidation sites excluding steroid dienone is 1. The minimum atomic E-state index is -1.19. The van der Waals surface area contributed by atoms with Crippen molar-refractivity contribution in [2.24, 2.45) is 0 Å². The highest BCUT2D eigenvalue weighted by molar-refractivity contribution is 9.10. The molecule has 0 aliphatic rings. The molecule has 0 fully saturated rings. The summed E-state index contributed by atoms with van der Waals surface area (Å²) in [6, 6.07) is 7.39. The third kappa shape index (κ3) is 4.82. The molecular weight excluding hydrogens is 288 g/mol. The van der Waals surface area contributed by atoms with Crippen LogP contribution in [0.4, 0.5) is 0 Å². The Bertz CT molecular complexity index is 448. The molecule has 2 N–H and O–H groups in total. The minimum absolute atomic E-state index is 0.0968. The number of aliphatic carboxylic acids is 2. The Kier molecular flexibility index (Phi) is 4.90. The highest BCUT2D eigenvalue weighted by atomic mass is 79.9. The Hall–Kier alpha value is -1.62. The summed E-state index contributed by atoms with van der Waals surface area (Å²) < 4.78 is 0.939. The molecular formula is C12H11BrO4. The van der Waals surface area contributed by atoms with E-state index in [4.69, 9.17) is 10.2 Å². The first-order chi connectivity index (χ1) is 7.99. The average molecular weight is 299 g/mol. The molecule has 17 heavy (non-hydrogen) atoms. The van der Waals surface area contributed by atoms with Gasteiger partial charge in [-0.05, 0) is 24.1 Å². The van der Waals surface area contributed by atoms with Crippen LogP contribution in [0.15, 0.2) is 40.4 Å². The smallest absolute Gasteiger partial charge is 0.331 e. The Morgan fingerprint density at radius 3 is 2.24 bits per heavy atom. The fourth-order valence-corrected chi connectivity index (χ4v) is 1.52. The van der Waals surface area contributed by atoms with Gasteiger partial charge in [-0.1, -0.05) is 34.1 Å². The molecule has 90 valence electrons. The molecule has 0 saturated heterocycles. The number of hydrogen-bond acceptors (Lipinski definition) is 2. The summed E-state index contributed by atoms with van der Waals surface area (Å²) in [6.45, 7) is 0. The van der Waals surface area contributed by atoms with Crippen molar-refractivity contribution in [3.05, 3.63) is 46.0 Å². The maximum atomic E-state index is 10.8. The van der Waals surface area contributed by atoms with Gasteiger partial charge in [-0.3, -0.25) is 4.79 Å². The van der Waals surface area contributed by atoms with Gasteiger partial charge in [-0.25, -0.2) is 4.79 Å². The second kappa shape index (κ2) is 6.20. The molecule has 0 aliphatic carbocycles. The molecule has 4 nitrogen and oxygen atoms in total. The Morgan fingerprint density at radius 2 is 1.76 bits per heavy atom. The molecule has 0 atom stereocenters. The van der Waals surface area contributed by atoms with Gasteiger partial charge in [0.05, 0.1) is 6.42 Å². The highest BCUT2D eigenvalue weighted by Crippen LogP contribution is 2.12. The van der Waals surface area contributed by atoms with Crippen LogP contribution in [-0.2, 0) is 16.0 Å². The van der Waals surface area contributed by atoms with Gasteiger partial charge in [0.2, 0.25) is 0 Å². The maximum absolute atomic E-state index is 10.8. The molecule has 1 rings (SSSR count). The van der Waals surface area contributed by atoms with Crippen LogP contribution in [0.5, 0.6) is 0 Å². The molecule has 1 aromatic carbocycles. The summed E-state index contributed by atoms with van der Waals surface area (Å²) in [6.07, 6.45) is 1.37.